The molecule has 1 aromatic heterocycles. The number of carbonyl (C=O) groups excluding carboxylic acids is 2. The number of nitrogens with one attached hydrogen (secondary N) is 2. The number of aromatic nitrogens is 2. The average Bonchev–Trinajstić information content (AvgIpc) is 3.48. The molecule has 0 atom stereocenters. The van der Waals surface area contributed by atoms with E-state index in [2.05, 4.69) is 27.5 Å². The molecule has 0 bridgehead atoms. The lowest BCUT2D eigenvalue weighted by molar-refractivity contribution is -0.115. The molecule has 0 fully saturated rings. The van der Waals surface area contributed by atoms with Gasteiger partial charge in [0.25, 0.3) is 0 Å². The van der Waals surface area contributed by atoms with E-state index in [9.17, 15) is 19.5 Å². The molecule has 10 nitrogen and oxygen atoms in total. The van der Waals surface area contributed by atoms with Crippen molar-refractivity contribution in [3.05, 3.63) is 102 Å². The normalized spacial score (nSPS) is 9.92. The highest BCUT2D eigenvalue weighted by Gasteiger charge is 2.17. The van der Waals surface area contributed by atoms with Gasteiger partial charge in [-0.15, -0.1) is 0 Å². The lowest BCUT2D eigenvalue weighted by atomic mass is 10.1. The Morgan fingerprint density at radius 2 is 1.77 bits per heavy atom. The van der Waals surface area contributed by atoms with Gasteiger partial charge < -0.3 is 19.7 Å². The van der Waals surface area contributed by atoms with Crippen LogP contribution in [0, 0.1) is 23.2 Å². The van der Waals surface area contributed by atoms with Crippen LogP contribution in [0.5, 0.6) is 5.75 Å². The van der Waals surface area contributed by atoms with Crippen LogP contribution < -0.4 is 15.4 Å². The quantitative estimate of drug-likeness (QED) is 0.177. The summed E-state index contributed by atoms with van der Waals surface area (Å²) in [6.45, 7) is -0.301. The average molecular weight is 520 g/mol. The molecule has 0 aliphatic rings. The van der Waals surface area contributed by atoms with E-state index in [-0.39, 0.29) is 23.7 Å². The van der Waals surface area contributed by atoms with Crippen LogP contribution in [-0.2, 0) is 4.79 Å². The van der Waals surface area contributed by atoms with Crippen molar-refractivity contribution in [2.45, 2.75) is 6.42 Å². The first-order valence-corrected chi connectivity index (χ1v) is 11.6. The summed E-state index contributed by atoms with van der Waals surface area (Å²) in [4.78, 5) is 41.1. The maximum absolute atomic E-state index is 12.9. The zero-order chi connectivity index (χ0) is 27.6. The highest BCUT2D eigenvalue weighted by Crippen LogP contribution is 2.31. The number of anilines is 2. The van der Waals surface area contributed by atoms with Crippen molar-refractivity contribution < 1.29 is 24.2 Å². The molecular formula is C29H21N5O5. The van der Waals surface area contributed by atoms with Gasteiger partial charge in [-0.1, -0.05) is 42.2 Å². The van der Waals surface area contributed by atoms with Crippen molar-refractivity contribution in [2.24, 2.45) is 0 Å². The molecule has 4 aromatic rings. The molecule has 0 saturated heterocycles. The minimum Gasteiger partial charge on any atom is -0.477 e. The molecule has 3 N–H and O–H groups in total. The number of nitrogens with zero attached hydrogens (tertiary/aromatic N) is 3. The van der Waals surface area contributed by atoms with Crippen molar-refractivity contribution in [1.82, 2.24) is 9.55 Å². The summed E-state index contributed by atoms with van der Waals surface area (Å²) >= 11 is 0. The Labute approximate surface area is 223 Å². The Kier molecular flexibility index (Phi) is 8.32. The van der Waals surface area contributed by atoms with Crippen molar-refractivity contribution >= 4 is 29.2 Å². The maximum atomic E-state index is 12.9. The SMILES string of the molecule is N#CCOc1cc(NC(=O)O)c(NC(=O)CC(=O)c2cccc(-n3ccnc3)c2)cc1C#Cc1ccccc1. The van der Waals surface area contributed by atoms with E-state index in [1.54, 1.807) is 59.7 Å². The van der Waals surface area contributed by atoms with Gasteiger partial charge in [0.1, 0.15) is 11.8 Å². The monoisotopic (exact) mass is 519 g/mol. The highest BCUT2D eigenvalue weighted by atomic mass is 16.5. The number of hydrogen-bond donors (Lipinski definition) is 3. The van der Waals surface area contributed by atoms with Crippen LogP contribution >= 0.6 is 0 Å². The van der Waals surface area contributed by atoms with E-state index < -0.39 is 24.2 Å². The Bertz CT molecular complexity index is 1610. The summed E-state index contributed by atoms with van der Waals surface area (Å²) in [6.07, 6.45) is 3.06. The van der Waals surface area contributed by atoms with Gasteiger partial charge in [-0.05, 0) is 30.3 Å². The minimum atomic E-state index is -1.38. The number of carboxylic acid groups (broad SMARTS) is 1. The lowest BCUT2D eigenvalue weighted by Gasteiger charge is -2.15. The third-order valence-electron chi connectivity index (χ3n) is 5.33. The second-order valence-corrected chi connectivity index (χ2v) is 8.06. The Morgan fingerprint density at radius 3 is 2.49 bits per heavy atom. The smallest absolute Gasteiger partial charge is 0.409 e. The first kappa shape index (κ1) is 26.2. The van der Waals surface area contributed by atoms with Crippen LogP contribution in [-0.4, -0.2) is 39.0 Å². The van der Waals surface area contributed by atoms with Crippen molar-refractivity contribution in [3.63, 3.8) is 0 Å². The molecule has 1 heterocycles. The molecule has 192 valence electrons. The van der Waals surface area contributed by atoms with E-state index in [0.717, 1.165) is 0 Å². The van der Waals surface area contributed by atoms with Crippen LogP contribution in [0.4, 0.5) is 16.2 Å². The van der Waals surface area contributed by atoms with Crippen LogP contribution in [0.1, 0.15) is 27.9 Å². The topological polar surface area (TPSA) is 146 Å². The van der Waals surface area contributed by atoms with Gasteiger partial charge in [-0.3, -0.25) is 14.9 Å². The lowest BCUT2D eigenvalue weighted by Crippen LogP contribution is -2.19. The molecule has 10 heteroatoms. The summed E-state index contributed by atoms with van der Waals surface area (Å²) in [5.74, 6) is 4.96. The first-order chi connectivity index (χ1) is 18.9. The largest absolute Gasteiger partial charge is 0.477 e. The van der Waals surface area contributed by atoms with Gasteiger partial charge in [0, 0.05) is 35.3 Å². The second-order valence-electron chi connectivity index (χ2n) is 8.06. The van der Waals surface area contributed by atoms with Gasteiger partial charge in [-0.25, -0.2) is 9.78 Å². The van der Waals surface area contributed by atoms with Gasteiger partial charge in [0.2, 0.25) is 5.91 Å². The number of hydrogen-bond acceptors (Lipinski definition) is 6. The maximum Gasteiger partial charge on any atom is 0.409 e. The summed E-state index contributed by atoms with van der Waals surface area (Å²) in [7, 11) is 0. The van der Waals surface area contributed by atoms with Crippen LogP contribution in [0.3, 0.4) is 0 Å². The Balaban J connectivity index is 1.60. The fourth-order valence-electron chi connectivity index (χ4n) is 3.58. The summed E-state index contributed by atoms with van der Waals surface area (Å²) in [5, 5.41) is 23.0. The number of nitriles is 1. The predicted molar refractivity (Wildman–Crippen MR) is 143 cm³/mol. The second kappa shape index (κ2) is 12.4. The van der Waals surface area contributed by atoms with Crippen molar-refractivity contribution in [3.8, 4) is 29.3 Å². The number of rotatable bonds is 8. The Morgan fingerprint density at radius 1 is 0.974 bits per heavy atom. The van der Waals surface area contributed by atoms with Gasteiger partial charge >= 0.3 is 6.09 Å². The van der Waals surface area contributed by atoms with Gasteiger partial charge in [-0.2, -0.15) is 5.26 Å². The standard InChI is InChI=1S/C29H21N5O5/c30-11-14-39-27-17-25(33-29(37)38)24(16-22(27)10-9-20-5-2-1-3-6-20)32-28(36)18-26(35)21-7-4-8-23(15-21)34-13-12-31-19-34/h1-8,12-13,15-17,19,33H,14,18H2,(H,32,36)(H,37,38). The molecule has 3 aromatic carbocycles. The van der Waals surface area contributed by atoms with E-state index in [0.29, 0.717) is 22.4 Å². The molecule has 0 radical (unpaired) electrons. The molecule has 0 unspecified atom stereocenters. The zero-order valence-electron chi connectivity index (χ0n) is 20.4. The van der Waals surface area contributed by atoms with Crippen molar-refractivity contribution in [2.75, 3.05) is 17.2 Å². The van der Waals surface area contributed by atoms with E-state index in [4.69, 9.17) is 10.00 Å². The number of Topliss-reactive ketones (excluding diaryl/α,β-unsaturated/α-hetero) is 1. The summed E-state index contributed by atoms with van der Waals surface area (Å²) in [6, 6.07) is 20.5. The third-order valence-corrected chi connectivity index (χ3v) is 5.33. The predicted octanol–water partition coefficient (Wildman–Crippen LogP) is 4.48. The first-order valence-electron chi connectivity index (χ1n) is 11.6. The summed E-state index contributed by atoms with van der Waals surface area (Å²) < 4.78 is 7.18. The number of ketones is 1. The molecule has 2 amide bonds. The molecule has 4 rings (SSSR count). The summed E-state index contributed by atoms with van der Waals surface area (Å²) in [5.41, 5.74) is 2.12. The third kappa shape index (κ3) is 7.09. The molecule has 39 heavy (non-hydrogen) atoms. The van der Waals surface area contributed by atoms with Gasteiger partial charge in [0.05, 0.1) is 29.7 Å². The number of ether oxygens (including phenoxy) is 1. The number of imidazole rings is 1. The van der Waals surface area contributed by atoms with Crippen LogP contribution in [0.25, 0.3) is 5.69 Å². The molecule has 0 aliphatic carbocycles. The molecule has 0 aliphatic heterocycles. The zero-order valence-corrected chi connectivity index (χ0v) is 20.4. The van der Waals surface area contributed by atoms with E-state index in [1.807, 2.05) is 24.3 Å². The van der Waals surface area contributed by atoms with E-state index >= 15 is 0 Å². The minimum absolute atomic E-state index is 0.0106. The van der Waals surface area contributed by atoms with Crippen LogP contribution in [0.15, 0.2) is 85.5 Å². The number of amides is 2. The van der Waals surface area contributed by atoms with Gasteiger partial charge in [0.15, 0.2) is 12.4 Å². The van der Waals surface area contributed by atoms with Crippen molar-refractivity contribution in [1.29, 1.82) is 5.26 Å². The fourth-order valence-corrected chi connectivity index (χ4v) is 3.58. The number of carbonyl (C=O) groups is 3. The molecule has 0 spiro atoms. The fraction of sp³-hybridized carbons (Fsp3) is 0.0690. The van der Waals surface area contributed by atoms with E-state index in [1.165, 1.54) is 12.1 Å². The Hall–Kier alpha value is -5.87. The molecule has 0 saturated carbocycles. The molecular weight excluding hydrogens is 498 g/mol. The number of benzene rings is 3. The van der Waals surface area contributed by atoms with Crippen LogP contribution in [0.2, 0.25) is 0 Å². The highest BCUT2D eigenvalue weighted by molar-refractivity contribution is 6.12.